The van der Waals surface area contributed by atoms with Gasteiger partial charge in [-0.2, -0.15) is 0 Å². The summed E-state index contributed by atoms with van der Waals surface area (Å²) in [6.07, 6.45) is 3.84. The molecule has 43 heavy (non-hydrogen) atoms. The summed E-state index contributed by atoms with van der Waals surface area (Å²) in [4.78, 5) is 0. The molecule has 0 bridgehead atoms. The van der Waals surface area contributed by atoms with Crippen LogP contribution in [0.2, 0.25) is 5.02 Å². The smallest absolute Gasteiger partial charge is 0.233 e. The van der Waals surface area contributed by atoms with E-state index in [1.54, 1.807) is 6.07 Å². The Labute approximate surface area is 264 Å². The number of rotatable bonds is 13. The van der Waals surface area contributed by atoms with E-state index in [4.69, 9.17) is 25.8 Å². The molecule has 5 nitrogen and oxygen atoms in total. The Hall–Kier alpha value is -2.73. The molecule has 0 aliphatic carbocycles. The van der Waals surface area contributed by atoms with Crippen molar-refractivity contribution in [3.05, 3.63) is 70.6 Å². The van der Waals surface area contributed by atoms with Crippen molar-refractivity contribution < 1.29 is 18.6 Å². The molecule has 0 saturated heterocycles. The van der Waals surface area contributed by atoms with E-state index in [1.165, 1.54) is 11.6 Å². The molecule has 0 radical (unpaired) electrons. The Morgan fingerprint density at radius 3 is 2.12 bits per heavy atom. The molecule has 0 aliphatic heterocycles. The van der Waals surface area contributed by atoms with Crippen LogP contribution in [0.5, 0.6) is 17.4 Å². The molecule has 1 aromatic heterocycles. The van der Waals surface area contributed by atoms with Crippen molar-refractivity contribution >= 4 is 11.6 Å². The fraction of sp³-hybridized carbons (Fsp3) is 0.583. The van der Waals surface area contributed by atoms with Gasteiger partial charge in [-0.05, 0) is 100 Å². The Bertz CT molecular complexity index is 1320. The van der Waals surface area contributed by atoms with Gasteiger partial charge in [-0.3, -0.25) is 4.68 Å². The van der Waals surface area contributed by atoms with Crippen molar-refractivity contribution in [3.8, 4) is 17.4 Å². The van der Waals surface area contributed by atoms with E-state index < -0.39 is 0 Å². The average molecular weight is 615 g/mol. The monoisotopic (exact) mass is 614 g/mol. The molecule has 4 unspecified atom stereocenters. The SMILES string of the molecule is CC(CC(Oc1ccn(C(C)(C)C)n1)C(C)(C)C)Oc1cc(F)cc(C(C)CCC(C)Oc2cc(C(C)C)ccc2Cl)c1. The second kappa shape index (κ2) is 14.4. The zero-order chi connectivity index (χ0) is 32.1. The second-order valence-electron chi connectivity index (χ2n) is 14.4. The minimum Gasteiger partial charge on any atom is -0.490 e. The second-order valence-corrected chi connectivity index (χ2v) is 14.8. The molecule has 0 aliphatic rings. The minimum atomic E-state index is -0.301. The molecular formula is C36H52ClFN2O3. The summed E-state index contributed by atoms with van der Waals surface area (Å²) < 4.78 is 35.5. The summed E-state index contributed by atoms with van der Waals surface area (Å²) in [6.45, 7) is 23.2. The van der Waals surface area contributed by atoms with Gasteiger partial charge in [0, 0.05) is 24.8 Å². The molecule has 0 saturated carbocycles. The third-order valence-electron chi connectivity index (χ3n) is 7.78. The maximum absolute atomic E-state index is 14.8. The molecule has 3 aromatic rings. The van der Waals surface area contributed by atoms with Crippen LogP contribution in [0.25, 0.3) is 0 Å². The first-order valence-electron chi connectivity index (χ1n) is 15.6. The van der Waals surface area contributed by atoms with Gasteiger partial charge in [-0.25, -0.2) is 4.39 Å². The molecule has 2 aromatic carbocycles. The quantitative estimate of drug-likeness (QED) is 0.192. The van der Waals surface area contributed by atoms with Crippen LogP contribution in [0.1, 0.15) is 118 Å². The highest BCUT2D eigenvalue weighted by Crippen LogP contribution is 2.33. The van der Waals surface area contributed by atoms with Gasteiger partial charge >= 0.3 is 0 Å². The molecule has 1 heterocycles. The first-order chi connectivity index (χ1) is 19.9. The van der Waals surface area contributed by atoms with Crippen molar-refractivity contribution in [2.75, 3.05) is 0 Å². The van der Waals surface area contributed by atoms with E-state index in [0.717, 1.165) is 18.4 Å². The maximum Gasteiger partial charge on any atom is 0.233 e. The van der Waals surface area contributed by atoms with Gasteiger partial charge in [0.25, 0.3) is 0 Å². The van der Waals surface area contributed by atoms with Gasteiger partial charge in [-0.15, -0.1) is 5.10 Å². The fourth-order valence-electron chi connectivity index (χ4n) is 4.88. The van der Waals surface area contributed by atoms with Crippen LogP contribution in [0.4, 0.5) is 4.39 Å². The first-order valence-corrected chi connectivity index (χ1v) is 16.0. The molecule has 0 amide bonds. The fourth-order valence-corrected chi connectivity index (χ4v) is 5.05. The predicted octanol–water partition coefficient (Wildman–Crippen LogP) is 10.6. The lowest BCUT2D eigenvalue weighted by Gasteiger charge is -2.32. The van der Waals surface area contributed by atoms with Gasteiger partial charge in [-0.1, -0.05) is 59.2 Å². The van der Waals surface area contributed by atoms with E-state index in [0.29, 0.717) is 34.7 Å². The first kappa shape index (κ1) is 34.8. The molecule has 0 spiro atoms. The van der Waals surface area contributed by atoms with Gasteiger partial charge in [0.2, 0.25) is 5.88 Å². The van der Waals surface area contributed by atoms with E-state index in [1.807, 2.05) is 55.1 Å². The normalized spacial score (nSPS) is 15.2. The number of halogens is 2. The number of nitrogens with zero attached hydrogens (tertiary/aromatic N) is 2. The zero-order valence-corrected chi connectivity index (χ0v) is 28.8. The Balaban J connectivity index is 1.61. The molecule has 3 rings (SSSR count). The number of benzene rings is 2. The predicted molar refractivity (Wildman–Crippen MR) is 175 cm³/mol. The summed E-state index contributed by atoms with van der Waals surface area (Å²) in [6, 6.07) is 12.9. The third kappa shape index (κ3) is 10.4. The Morgan fingerprint density at radius 1 is 0.814 bits per heavy atom. The minimum absolute atomic E-state index is 0.0317. The van der Waals surface area contributed by atoms with Crippen molar-refractivity contribution in [3.63, 3.8) is 0 Å². The maximum atomic E-state index is 14.8. The van der Waals surface area contributed by atoms with Crippen LogP contribution in [-0.4, -0.2) is 28.1 Å². The van der Waals surface area contributed by atoms with Gasteiger partial charge in [0.1, 0.15) is 23.4 Å². The van der Waals surface area contributed by atoms with Crippen LogP contribution >= 0.6 is 11.6 Å². The lowest BCUT2D eigenvalue weighted by Crippen LogP contribution is -2.36. The highest BCUT2D eigenvalue weighted by atomic mass is 35.5. The van der Waals surface area contributed by atoms with Crippen LogP contribution in [0.3, 0.4) is 0 Å². The largest absolute Gasteiger partial charge is 0.490 e. The van der Waals surface area contributed by atoms with Gasteiger partial charge < -0.3 is 14.2 Å². The number of aromatic nitrogens is 2. The van der Waals surface area contributed by atoms with Crippen LogP contribution in [0.15, 0.2) is 48.7 Å². The summed E-state index contributed by atoms with van der Waals surface area (Å²) in [5.41, 5.74) is 1.83. The van der Waals surface area contributed by atoms with Crippen molar-refractivity contribution in [1.82, 2.24) is 9.78 Å². The summed E-state index contributed by atoms with van der Waals surface area (Å²) in [5.74, 6) is 2.05. The molecule has 0 fully saturated rings. The van der Waals surface area contributed by atoms with Crippen LogP contribution in [-0.2, 0) is 5.54 Å². The zero-order valence-electron chi connectivity index (χ0n) is 28.0. The average Bonchev–Trinajstić information content (AvgIpc) is 3.36. The molecule has 0 N–H and O–H groups in total. The number of hydrogen-bond donors (Lipinski definition) is 0. The summed E-state index contributed by atoms with van der Waals surface area (Å²) in [5, 5.41) is 5.24. The summed E-state index contributed by atoms with van der Waals surface area (Å²) in [7, 11) is 0. The molecule has 7 heteroatoms. The van der Waals surface area contributed by atoms with Crippen molar-refractivity contribution in [2.24, 2.45) is 5.41 Å². The van der Waals surface area contributed by atoms with Gasteiger partial charge in [0.05, 0.1) is 22.8 Å². The van der Waals surface area contributed by atoms with Crippen LogP contribution < -0.4 is 14.2 Å². The van der Waals surface area contributed by atoms with Crippen LogP contribution in [0, 0.1) is 11.2 Å². The Kier molecular flexibility index (Phi) is 11.6. The third-order valence-corrected chi connectivity index (χ3v) is 8.10. The van der Waals surface area contributed by atoms with E-state index >= 15 is 0 Å². The molecule has 238 valence electrons. The number of ether oxygens (including phenoxy) is 3. The Morgan fingerprint density at radius 2 is 1.51 bits per heavy atom. The molecular weight excluding hydrogens is 563 g/mol. The van der Waals surface area contributed by atoms with E-state index in [2.05, 4.69) is 67.4 Å². The molecule has 4 atom stereocenters. The lowest BCUT2D eigenvalue weighted by atomic mass is 9.86. The summed E-state index contributed by atoms with van der Waals surface area (Å²) >= 11 is 6.40. The van der Waals surface area contributed by atoms with E-state index in [-0.39, 0.29) is 41.0 Å². The highest BCUT2D eigenvalue weighted by Gasteiger charge is 2.30. The van der Waals surface area contributed by atoms with Crippen molar-refractivity contribution in [2.45, 2.75) is 131 Å². The standard InChI is InChI=1S/C36H52ClFN2O3/c1-23(2)27-14-15-31(37)32(21-27)42-25(4)13-12-24(3)28-19-29(38)22-30(20-28)41-26(5)18-33(35(6,7)8)43-34-16-17-40(39-34)36(9,10)11/h14-17,19-26,33H,12-13,18H2,1-11H3. The lowest BCUT2D eigenvalue weighted by molar-refractivity contribution is 0.0399. The van der Waals surface area contributed by atoms with E-state index in [9.17, 15) is 4.39 Å². The highest BCUT2D eigenvalue weighted by molar-refractivity contribution is 6.32. The van der Waals surface area contributed by atoms with Crippen molar-refractivity contribution in [1.29, 1.82) is 0 Å². The topological polar surface area (TPSA) is 45.5 Å². The number of hydrogen-bond acceptors (Lipinski definition) is 4. The van der Waals surface area contributed by atoms with Gasteiger partial charge in [0.15, 0.2) is 0 Å².